The standard InChI is InChI=1S/C22H20N8/c1-2-9-30(10-3-1)18-6-4-5-16-19(18)27-22(26-16)21-20-17(28-29-21)8-7-15(25-20)14-11-23-13-24-12-14/h4-8,11-13H,1-3,9-10H2,(H,26,27)(H,28,29). The van der Waals surface area contributed by atoms with Gasteiger partial charge >= 0.3 is 0 Å². The molecule has 2 N–H and O–H groups in total. The second kappa shape index (κ2) is 6.91. The topological polar surface area (TPSA) is 99.3 Å². The molecule has 5 heterocycles. The van der Waals surface area contributed by atoms with Crippen molar-refractivity contribution in [2.75, 3.05) is 18.0 Å². The molecule has 0 radical (unpaired) electrons. The van der Waals surface area contributed by atoms with Gasteiger partial charge in [-0.05, 0) is 43.5 Å². The van der Waals surface area contributed by atoms with E-state index in [2.05, 4.69) is 48.2 Å². The fourth-order valence-electron chi connectivity index (χ4n) is 4.18. The van der Waals surface area contributed by atoms with Crippen LogP contribution in [-0.4, -0.2) is 48.2 Å². The fraction of sp³-hybridized carbons (Fsp3) is 0.227. The van der Waals surface area contributed by atoms with Crippen molar-refractivity contribution >= 4 is 27.8 Å². The number of pyridine rings is 1. The van der Waals surface area contributed by atoms with Crippen LogP contribution in [0.15, 0.2) is 49.1 Å². The van der Waals surface area contributed by atoms with Gasteiger partial charge in [-0.3, -0.25) is 5.10 Å². The summed E-state index contributed by atoms with van der Waals surface area (Å²) in [6.07, 6.45) is 8.79. The highest BCUT2D eigenvalue weighted by molar-refractivity contribution is 5.95. The zero-order chi connectivity index (χ0) is 19.9. The minimum Gasteiger partial charge on any atom is -0.370 e. The van der Waals surface area contributed by atoms with Gasteiger partial charge in [0.15, 0.2) is 11.5 Å². The third-order valence-corrected chi connectivity index (χ3v) is 5.68. The Hall–Kier alpha value is -3.81. The zero-order valence-electron chi connectivity index (χ0n) is 16.3. The predicted molar refractivity (Wildman–Crippen MR) is 116 cm³/mol. The van der Waals surface area contributed by atoms with Crippen molar-refractivity contribution in [3.8, 4) is 22.8 Å². The van der Waals surface area contributed by atoms with E-state index in [-0.39, 0.29) is 0 Å². The van der Waals surface area contributed by atoms with Crippen LogP contribution < -0.4 is 4.90 Å². The van der Waals surface area contributed by atoms with Gasteiger partial charge in [0.2, 0.25) is 0 Å². The third-order valence-electron chi connectivity index (χ3n) is 5.68. The molecule has 30 heavy (non-hydrogen) atoms. The summed E-state index contributed by atoms with van der Waals surface area (Å²) in [5.41, 5.74) is 7.20. The fourth-order valence-corrected chi connectivity index (χ4v) is 4.18. The molecule has 1 aromatic carbocycles. The molecule has 0 spiro atoms. The van der Waals surface area contributed by atoms with Gasteiger partial charge in [0.05, 0.1) is 22.4 Å². The zero-order valence-corrected chi connectivity index (χ0v) is 16.3. The quantitative estimate of drug-likeness (QED) is 0.479. The average molecular weight is 396 g/mol. The molecule has 8 heteroatoms. The first-order chi connectivity index (χ1) is 14.9. The Morgan fingerprint density at radius 1 is 0.833 bits per heavy atom. The number of piperidine rings is 1. The minimum absolute atomic E-state index is 0.712. The van der Waals surface area contributed by atoms with Gasteiger partial charge in [-0.2, -0.15) is 5.10 Å². The number of fused-ring (bicyclic) bond motifs is 2. The summed E-state index contributed by atoms with van der Waals surface area (Å²) in [6.45, 7) is 2.16. The van der Waals surface area contributed by atoms with Crippen LogP contribution in [0.1, 0.15) is 19.3 Å². The van der Waals surface area contributed by atoms with Crippen molar-refractivity contribution in [2.24, 2.45) is 0 Å². The second-order valence-electron chi connectivity index (χ2n) is 7.60. The largest absolute Gasteiger partial charge is 0.370 e. The summed E-state index contributed by atoms with van der Waals surface area (Å²) < 4.78 is 0. The molecule has 0 bridgehead atoms. The lowest BCUT2D eigenvalue weighted by molar-refractivity contribution is 0.579. The lowest BCUT2D eigenvalue weighted by Gasteiger charge is -2.28. The first kappa shape index (κ1) is 17.1. The average Bonchev–Trinajstić information content (AvgIpc) is 3.43. The summed E-state index contributed by atoms with van der Waals surface area (Å²) in [5, 5.41) is 7.59. The SMILES string of the molecule is c1cc(N2CCCCC2)c2nc(-c3n[nH]c4ccc(-c5cncnc5)nc34)[nH]c2c1. The Balaban J connectivity index is 1.47. The highest BCUT2D eigenvalue weighted by Gasteiger charge is 2.19. The molecule has 0 atom stereocenters. The van der Waals surface area contributed by atoms with Crippen LogP contribution in [0.2, 0.25) is 0 Å². The number of nitrogens with one attached hydrogen (secondary N) is 2. The number of hydrogen-bond donors (Lipinski definition) is 2. The van der Waals surface area contributed by atoms with Gasteiger partial charge in [0, 0.05) is 31.0 Å². The first-order valence-corrected chi connectivity index (χ1v) is 10.2. The normalized spacial score (nSPS) is 14.6. The van der Waals surface area contributed by atoms with Crippen LogP contribution in [0.25, 0.3) is 44.8 Å². The number of para-hydroxylation sites is 1. The molecular weight excluding hydrogens is 376 g/mol. The van der Waals surface area contributed by atoms with Crippen molar-refractivity contribution in [1.29, 1.82) is 0 Å². The molecular formula is C22H20N8. The van der Waals surface area contributed by atoms with Crippen molar-refractivity contribution in [3.05, 3.63) is 49.1 Å². The second-order valence-corrected chi connectivity index (χ2v) is 7.60. The lowest BCUT2D eigenvalue weighted by Crippen LogP contribution is -2.29. The summed E-state index contributed by atoms with van der Waals surface area (Å²) >= 11 is 0. The number of rotatable bonds is 3. The molecule has 0 amide bonds. The van der Waals surface area contributed by atoms with Gasteiger partial charge in [0.1, 0.15) is 17.4 Å². The Kier molecular flexibility index (Phi) is 3.93. The van der Waals surface area contributed by atoms with Crippen molar-refractivity contribution in [2.45, 2.75) is 19.3 Å². The molecule has 1 saturated heterocycles. The molecule has 6 rings (SSSR count). The number of imidazole rings is 1. The molecule has 148 valence electrons. The van der Waals surface area contributed by atoms with Crippen LogP contribution in [-0.2, 0) is 0 Å². The molecule has 5 aromatic rings. The molecule has 1 aliphatic rings. The van der Waals surface area contributed by atoms with E-state index in [1.165, 1.54) is 31.3 Å². The predicted octanol–water partition coefficient (Wildman–Crippen LogP) is 3.95. The summed E-state index contributed by atoms with van der Waals surface area (Å²) in [4.78, 5) is 23.8. The molecule has 0 aliphatic carbocycles. The summed E-state index contributed by atoms with van der Waals surface area (Å²) in [7, 11) is 0. The number of benzene rings is 1. The smallest absolute Gasteiger partial charge is 0.161 e. The number of H-pyrrole nitrogens is 2. The van der Waals surface area contributed by atoms with Crippen molar-refractivity contribution < 1.29 is 0 Å². The first-order valence-electron chi connectivity index (χ1n) is 10.2. The van der Waals surface area contributed by atoms with Gasteiger partial charge in [-0.25, -0.2) is 19.9 Å². The van der Waals surface area contributed by atoms with E-state index >= 15 is 0 Å². The van der Waals surface area contributed by atoms with E-state index in [4.69, 9.17) is 9.97 Å². The highest BCUT2D eigenvalue weighted by atomic mass is 15.2. The Morgan fingerprint density at radius 3 is 2.57 bits per heavy atom. The molecule has 1 fully saturated rings. The van der Waals surface area contributed by atoms with Crippen LogP contribution in [0.4, 0.5) is 5.69 Å². The van der Waals surface area contributed by atoms with Gasteiger partial charge in [-0.15, -0.1) is 0 Å². The van der Waals surface area contributed by atoms with E-state index in [1.807, 2.05) is 12.1 Å². The lowest BCUT2D eigenvalue weighted by atomic mass is 10.1. The number of hydrogen-bond acceptors (Lipinski definition) is 6. The van der Waals surface area contributed by atoms with Gasteiger partial charge in [-0.1, -0.05) is 6.07 Å². The monoisotopic (exact) mass is 396 g/mol. The van der Waals surface area contributed by atoms with Crippen molar-refractivity contribution in [1.82, 2.24) is 35.1 Å². The molecule has 8 nitrogen and oxygen atoms in total. The Morgan fingerprint density at radius 2 is 1.70 bits per heavy atom. The number of anilines is 1. The maximum Gasteiger partial charge on any atom is 0.161 e. The van der Waals surface area contributed by atoms with E-state index < -0.39 is 0 Å². The maximum atomic E-state index is 4.94. The molecule has 0 unspecified atom stereocenters. The number of aromatic amines is 2. The molecule has 4 aromatic heterocycles. The van der Waals surface area contributed by atoms with E-state index in [0.717, 1.165) is 52.2 Å². The van der Waals surface area contributed by atoms with Crippen LogP contribution in [0.5, 0.6) is 0 Å². The maximum absolute atomic E-state index is 4.94. The highest BCUT2D eigenvalue weighted by Crippen LogP contribution is 2.32. The van der Waals surface area contributed by atoms with E-state index in [1.54, 1.807) is 12.4 Å². The number of aromatic nitrogens is 7. The molecule has 1 aliphatic heterocycles. The third kappa shape index (κ3) is 2.80. The van der Waals surface area contributed by atoms with Crippen LogP contribution >= 0.6 is 0 Å². The van der Waals surface area contributed by atoms with E-state index in [9.17, 15) is 0 Å². The van der Waals surface area contributed by atoms with Gasteiger partial charge < -0.3 is 9.88 Å². The van der Waals surface area contributed by atoms with Crippen molar-refractivity contribution in [3.63, 3.8) is 0 Å². The molecule has 0 saturated carbocycles. The Labute approximate surface area is 172 Å². The minimum atomic E-state index is 0.712. The van der Waals surface area contributed by atoms with Crippen LogP contribution in [0.3, 0.4) is 0 Å². The summed E-state index contributed by atoms with van der Waals surface area (Å²) in [5.74, 6) is 0.717. The van der Waals surface area contributed by atoms with Crippen LogP contribution in [0, 0.1) is 0 Å². The summed E-state index contributed by atoms with van der Waals surface area (Å²) in [6, 6.07) is 10.2. The van der Waals surface area contributed by atoms with Gasteiger partial charge in [0.25, 0.3) is 0 Å². The Bertz CT molecular complexity index is 1330. The van der Waals surface area contributed by atoms with E-state index in [0.29, 0.717) is 5.69 Å². The number of nitrogens with zero attached hydrogens (tertiary/aromatic N) is 6.